The summed E-state index contributed by atoms with van der Waals surface area (Å²) in [6.45, 7) is 5.43. The Morgan fingerprint density at radius 3 is 2.54 bits per heavy atom. The summed E-state index contributed by atoms with van der Waals surface area (Å²) in [7, 11) is 0. The second-order valence-corrected chi connectivity index (χ2v) is 10.2. The molecule has 0 aromatic carbocycles. The van der Waals surface area contributed by atoms with Crippen LogP contribution in [0.15, 0.2) is 37.4 Å². The topological polar surface area (TPSA) is 124 Å². The van der Waals surface area contributed by atoms with Crippen molar-refractivity contribution in [3.8, 4) is 0 Å². The van der Waals surface area contributed by atoms with Crippen molar-refractivity contribution in [2.75, 3.05) is 4.43 Å². The number of aryl methyl sites for hydroxylation is 1. The highest BCUT2D eigenvalue weighted by molar-refractivity contribution is 14.1. The lowest BCUT2D eigenvalue weighted by Crippen LogP contribution is -2.18. The van der Waals surface area contributed by atoms with E-state index in [1.165, 1.54) is 6.08 Å². The van der Waals surface area contributed by atoms with Crippen molar-refractivity contribution < 1.29 is 33.1 Å². The third-order valence-corrected chi connectivity index (χ3v) is 6.99. The molecule has 1 aromatic rings. The minimum Gasteiger partial charge on any atom is -0.457 e. The first kappa shape index (κ1) is 29.2. The van der Waals surface area contributed by atoms with Crippen molar-refractivity contribution in [3.05, 3.63) is 45.9 Å². The van der Waals surface area contributed by atoms with Crippen molar-refractivity contribution in [3.63, 3.8) is 0 Å². The summed E-state index contributed by atoms with van der Waals surface area (Å²) in [6.07, 6.45) is 7.88. The average Bonchev–Trinajstić information content (AvgIpc) is 3.31. The van der Waals surface area contributed by atoms with Gasteiger partial charge < -0.3 is 18.7 Å². The molecule has 8 nitrogen and oxygen atoms in total. The van der Waals surface area contributed by atoms with Gasteiger partial charge in [-0.25, -0.2) is 4.79 Å². The Labute approximate surface area is 219 Å². The SMILES string of the molecule is CC/C(C)=C/[C@H](CC(CCI)CCC(=O)OCc1oc(=O)oc1C)C(=O)/C=C/C1CC(=O)C[C@H]1O. The van der Waals surface area contributed by atoms with Gasteiger partial charge in [0.1, 0.15) is 5.78 Å². The predicted molar refractivity (Wildman–Crippen MR) is 138 cm³/mol. The van der Waals surface area contributed by atoms with Crippen LogP contribution in [0.1, 0.15) is 70.3 Å². The zero-order valence-corrected chi connectivity index (χ0v) is 22.7. The maximum Gasteiger partial charge on any atom is 0.519 e. The van der Waals surface area contributed by atoms with E-state index >= 15 is 0 Å². The number of aliphatic hydroxyl groups excluding tert-OH is 1. The smallest absolute Gasteiger partial charge is 0.457 e. The van der Waals surface area contributed by atoms with Crippen LogP contribution in [0, 0.1) is 24.7 Å². The molecule has 1 N–H and O–H groups in total. The van der Waals surface area contributed by atoms with Crippen molar-refractivity contribution in [2.45, 2.75) is 78.4 Å². The summed E-state index contributed by atoms with van der Waals surface area (Å²) in [5, 5.41) is 10.00. The monoisotopic (exact) mass is 602 g/mol. The zero-order valence-electron chi connectivity index (χ0n) is 20.6. The molecule has 2 unspecified atom stereocenters. The molecule has 0 radical (unpaired) electrons. The van der Waals surface area contributed by atoms with Gasteiger partial charge >= 0.3 is 11.8 Å². The van der Waals surface area contributed by atoms with E-state index in [0.717, 1.165) is 22.8 Å². The molecule has 0 saturated heterocycles. The quantitative estimate of drug-likeness (QED) is 0.108. The maximum absolute atomic E-state index is 13.1. The summed E-state index contributed by atoms with van der Waals surface area (Å²) < 4.78 is 15.7. The van der Waals surface area contributed by atoms with Crippen molar-refractivity contribution in [1.29, 1.82) is 0 Å². The number of carbonyl (C=O) groups excluding carboxylic acids is 3. The van der Waals surface area contributed by atoms with E-state index in [9.17, 15) is 24.3 Å². The lowest BCUT2D eigenvalue weighted by Gasteiger charge is -2.20. The Morgan fingerprint density at radius 2 is 1.97 bits per heavy atom. The molecule has 194 valence electrons. The fourth-order valence-electron chi connectivity index (χ4n) is 4.07. The highest BCUT2D eigenvalue weighted by Crippen LogP contribution is 2.27. The molecular weight excluding hydrogens is 567 g/mol. The van der Waals surface area contributed by atoms with Gasteiger partial charge in [0.2, 0.25) is 0 Å². The lowest BCUT2D eigenvalue weighted by atomic mass is 9.85. The molecule has 4 atom stereocenters. The van der Waals surface area contributed by atoms with E-state index in [1.54, 1.807) is 13.0 Å². The minimum atomic E-state index is -0.829. The molecule has 35 heavy (non-hydrogen) atoms. The Kier molecular flexibility index (Phi) is 12.1. The van der Waals surface area contributed by atoms with Gasteiger partial charge in [-0.3, -0.25) is 14.4 Å². The number of ether oxygens (including phenoxy) is 1. The third kappa shape index (κ3) is 9.87. The molecule has 0 spiro atoms. The average molecular weight is 602 g/mol. The van der Waals surface area contributed by atoms with Gasteiger partial charge in [-0.1, -0.05) is 47.2 Å². The van der Waals surface area contributed by atoms with Gasteiger partial charge in [0.05, 0.1) is 6.10 Å². The number of aliphatic hydroxyl groups is 1. The van der Waals surface area contributed by atoms with Crippen molar-refractivity contribution in [2.24, 2.45) is 17.8 Å². The number of halogens is 1. The van der Waals surface area contributed by atoms with E-state index in [4.69, 9.17) is 13.6 Å². The summed E-state index contributed by atoms with van der Waals surface area (Å²) >= 11 is 2.29. The predicted octanol–water partition coefficient (Wildman–Crippen LogP) is 4.63. The Morgan fingerprint density at radius 1 is 1.23 bits per heavy atom. The van der Waals surface area contributed by atoms with E-state index in [2.05, 4.69) is 22.6 Å². The molecule has 1 saturated carbocycles. The van der Waals surface area contributed by atoms with Crippen LogP contribution >= 0.6 is 22.6 Å². The van der Waals surface area contributed by atoms with E-state index in [0.29, 0.717) is 12.8 Å². The largest absolute Gasteiger partial charge is 0.519 e. The van der Waals surface area contributed by atoms with Crippen LogP contribution in [0.25, 0.3) is 0 Å². The third-order valence-electron chi connectivity index (χ3n) is 6.37. The Hall–Kier alpha value is -2.01. The van der Waals surface area contributed by atoms with E-state index < -0.39 is 17.9 Å². The number of allylic oxidation sites excluding steroid dienone is 3. The van der Waals surface area contributed by atoms with Crippen molar-refractivity contribution in [1.82, 2.24) is 0 Å². The molecule has 2 rings (SSSR count). The number of hydrogen-bond acceptors (Lipinski definition) is 8. The second-order valence-electron chi connectivity index (χ2n) is 9.12. The fraction of sp³-hybridized carbons (Fsp3) is 0.615. The van der Waals surface area contributed by atoms with E-state index in [-0.39, 0.29) is 66.7 Å². The minimum absolute atomic E-state index is 0.0111. The van der Waals surface area contributed by atoms with E-state index in [1.807, 2.05) is 19.9 Å². The molecule has 1 aliphatic carbocycles. The summed E-state index contributed by atoms with van der Waals surface area (Å²) in [5.41, 5.74) is 1.11. The fourth-order valence-corrected chi connectivity index (χ4v) is 4.95. The van der Waals surface area contributed by atoms with Gasteiger partial charge in [0, 0.05) is 31.1 Å². The molecule has 1 heterocycles. The molecule has 9 heteroatoms. The second kappa shape index (κ2) is 14.5. The van der Waals surface area contributed by atoms with Crippen LogP contribution < -0.4 is 5.82 Å². The molecule has 1 fully saturated rings. The molecule has 0 aliphatic heterocycles. The summed E-state index contributed by atoms with van der Waals surface area (Å²) in [6, 6.07) is 0. The first-order valence-corrected chi connectivity index (χ1v) is 13.6. The highest BCUT2D eigenvalue weighted by Gasteiger charge is 2.30. The number of alkyl halides is 1. The normalized spacial score (nSPS) is 20.4. The number of carbonyl (C=O) groups is 3. The first-order valence-electron chi connectivity index (χ1n) is 12.0. The molecule has 1 aromatic heterocycles. The van der Waals surface area contributed by atoms with Crippen LogP contribution in [0.3, 0.4) is 0 Å². The van der Waals surface area contributed by atoms with Crippen LogP contribution in [-0.2, 0) is 25.7 Å². The zero-order chi connectivity index (χ0) is 26.0. The number of esters is 1. The van der Waals surface area contributed by atoms with Gasteiger partial charge in [-0.2, -0.15) is 0 Å². The van der Waals surface area contributed by atoms with Gasteiger partial charge in [-0.15, -0.1) is 0 Å². The number of Topliss-reactive ketones (excluding diaryl/α,β-unsaturated/α-hetero) is 1. The van der Waals surface area contributed by atoms with Crippen molar-refractivity contribution >= 4 is 40.1 Å². The Bertz CT molecular complexity index is 986. The van der Waals surface area contributed by atoms with Gasteiger partial charge in [0.25, 0.3) is 0 Å². The summed E-state index contributed by atoms with van der Waals surface area (Å²) in [4.78, 5) is 48.0. The number of ketones is 2. The van der Waals surface area contributed by atoms with Gasteiger partial charge in [0.15, 0.2) is 23.9 Å². The Balaban J connectivity index is 1.99. The van der Waals surface area contributed by atoms with Crippen LogP contribution in [0.4, 0.5) is 0 Å². The van der Waals surface area contributed by atoms with Crippen LogP contribution in [0.5, 0.6) is 0 Å². The molecular formula is C26H35IO8. The van der Waals surface area contributed by atoms with Gasteiger partial charge in [-0.05, 0) is 56.0 Å². The van der Waals surface area contributed by atoms with Crippen LogP contribution in [0.2, 0.25) is 0 Å². The molecule has 1 aliphatic rings. The first-order chi connectivity index (χ1) is 16.6. The molecule has 0 amide bonds. The molecule has 0 bridgehead atoms. The summed E-state index contributed by atoms with van der Waals surface area (Å²) in [5.74, 6) is -1.33. The number of hydrogen-bond donors (Lipinski definition) is 1. The lowest BCUT2D eigenvalue weighted by molar-refractivity contribution is -0.145. The highest BCUT2D eigenvalue weighted by atomic mass is 127. The number of rotatable bonds is 14. The standard InChI is InChI=1S/C26H35IO8/c1-4-16(2)11-20(22(29)7-6-19-13-21(28)14-23(19)30)12-18(9-10-27)5-8-25(31)33-15-24-17(3)34-26(32)35-24/h6-7,11,18-20,23,30H,4-5,8-10,12-15H2,1-3H3/b7-6+,16-11+/t18?,19?,20-,23-/m1/s1. The maximum atomic E-state index is 13.1. The van der Waals surface area contributed by atoms with Crippen LogP contribution in [-0.4, -0.2) is 33.2 Å².